The van der Waals surface area contributed by atoms with E-state index < -0.39 is 33.1 Å². The van der Waals surface area contributed by atoms with Crippen molar-refractivity contribution in [3.05, 3.63) is 60.9 Å². The average Bonchev–Trinajstić information content (AvgIpc) is 2.90. The number of nitriles is 1. The van der Waals surface area contributed by atoms with E-state index in [2.05, 4.69) is 10.1 Å². The molecule has 1 N–H and O–H groups in total. The Morgan fingerprint density at radius 1 is 1.18 bits per heavy atom. The summed E-state index contributed by atoms with van der Waals surface area (Å²) in [7, 11) is 2.60. The lowest BCUT2D eigenvalue weighted by atomic mass is 10.1. The topological polar surface area (TPSA) is 170 Å². The minimum Gasteiger partial charge on any atom is -0.464 e. The molecular weight excluding hydrogens is 374 g/mol. The monoisotopic (exact) mass is 387 g/mol. The summed E-state index contributed by atoms with van der Waals surface area (Å²) in [6.45, 7) is 1.54. The van der Waals surface area contributed by atoms with E-state index in [1.807, 2.05) is 6.07 Å². The van der Waals surface area contributed by atoms with Gasteiger partial charge in [0.05, 0.1) is 39.8 Å². The summed E-state index contributed by atoms with van der Waals surface area (Å²) in [5.41, 5.74) is -1.63. The Balaban J connectivity index is 2.59. The predicted molar refractivity (Wildman–Crippen MR) is 93.9 cm³/mol. The van der Waals surface area contributed by atoms with Crippen LogP contribution >= 0.6 is 0 Å². The van der Waals surface area contributed by atoms with Crippen LogP contribution in [0.25, 0.3) is 0 Å². The molecule has 1 aromatic heterocycles. The van der Waals surface area contributed by atoms with Crippen LogP contribution in [0.2, 0.25) is 0 Å². The van der Waals surface area contributed by atoms with Crippen LogP contribution in [0.4, 0.5) is 17.1 Å². The van der Waals surface area contributed by atoms with E-state index in [1.54, 1.807) is 6.92 Å². The third kappa shape index (κ3) is 3.49. The average molecular weight is 387 g/mol. The first kappa shape index (κ1) is 20.0. The van der Waals surface area contributed by atoms with Gasteiger partial charge < -0.3 is 14.6 Å². The van der Waals surface area contributed by atoms with Crippen LogP contribution < -0.4 is 5.32 Å². The van der Waals surface area contributed by atoms with Gasteiger partial charge in [0.25, 0.3) is 17.3 Å². The Hall–Kier alpha value is -4.27. The first-order valence-electron chi connectivity index (χ1n) is 7.55. The van der Waals surface area contributed by atoms with Crippen LogP contribution in [-0.4, -0.2) is 33.4 Å². The number of hydrogen-bond acceptors (Lipinski definition) is 8. The molecule has 0 atom stereocenters. The quantitative estimate of drug-likeness (QED) is 0.461. The minimum atomic E-state index is -0.973. The number of aromatic nitrogens is 1. The molecule has 144 valence electrons. The van der Waals surface area contributed by atoms with Crippen molar-refractivity contribution in [1.82, 2.24) is 4.57 Å². The van der Waals surface area contributed by atoms with E-state index in [9.17, 15) is 35.1 Å². The van der Waals surface area contributed by atoms with E-state index in [1.165, 1.54) is 11.6 Å². The molecule has 0 saturated carbocycles. The fraction of sp³-hybridized carbons (Fsp3) is 0.188. The van der Waals surface area contributed by atoms with Crippen molar-refractivity contribution in [2.75, 3.05) is 12.4 Å². The fourth-order valence-electron chi connectivity index (χ4n) is 2.52. The van der Waals surface area contributed by atoms with Crippen molar-refractivity contribution in [3.8, 4) is 6.07 Å². The predicted octanol–water partition coefficient (Wildman–Crippen LogP) is 2.06. The molecule has 0 aliphatic heterocycles. The fourth-order valence-corrected chi connectivity index (χ4v) is 2.52. The molecule has 2 rings (SSSR count). The van der Waals surface area contributed by atoms with Gasteiger partial charge in [-0.25, -0.2) is 4.79 Å². The first-order chi connectivity index (χ1) is 13.1. The van der Waals surface area contributed by atoms with Gasteiger partial charge in [-0.3, -0.25) is 25.0 Å². The molecule has 0 aliphatic carbocycles. The highest BCUT2D eigenvalue weighted by atomic mass is 16.6. The second kappa shape index (κ2) is 7.54. The van der Waals surface area contributed by atoms with Crippen LogP contribution in [-0.2, 0) is 11.8 Å². The zero-order valence-corrected chi connectivity index (χ0v) is 14.9. The summed E-state index contributed by atoms with van der Waals surface area (Å²) in [5.74, 6) is -1.80. The maximum Gasteiger partial charge on any atom is 0.356 e. The molecular formula is C16H13N5O7. The maximum absolute atomic E-state index is 12.6. The number of carbonyl (C=O) groups is 2. The van der Waals surface area contributed by atoms with Crippen molar-refractivity contribution in [1.29, 1.82) is 5.26 Å². The summed E-state index contributed by atoms with van der Waals surface area (Å²) in [4.78, 5) is 44.9. The van der Waals surface area contributed by atoms with Gasteiger partial charge in [-0.2, -0.15) is 5.26 Å². The second-order valence-corrected chi connectivity index (χ2v) is 5.55. The molecule has 28 heavy (non-hydrogen) atoms. The van der Waals surface area contributed by atoms with Crippen LogP contribution in [0.1, 0.15) is 32.1 Å². The van der Waals surface area contributed by atoms with Gasteiger partial charge in [-0.05, 0) is 6.92 Å². The van der Waals surface area contributed by atoms with Crippen LogP contribution in [0.15, 0.2) is 18.2 Å². The highest BCUT2D eigenvalue weighted by Crippen LogP contribution is 2.29. The van der Waals surface area contributed by atoms with E-state index in [0.29, 0.717) is 11.8 Å². The van der Waals surface area contributed by atoms with Crippen molar-refractivity contribution < 1.29 is 24.2 Å². The number of esters is 1. The van der Waals surface area contributed by atoms with Gasteiger partial charge in [0.2, 0.25) is 0 Å². The van der Waals surface area contributed by atoms with Crippen molar-refractivity contribution in [2.24, 2.45) is 7.05 Å². The van der Waals surface area contributed by atoms with E-state index >= 15 is 0 Å². The van der Waals surface area contributed by atoms with E-state index in [-0.39, 0.29) is 22.5 Å². The van der Waals surface area contributed by atoms with Gasteiger partial charge >= 0.3 is 5.97 Å². The Bertz CT molecular complexity index is 1030. The molecule has 1 heterocycles. The van der Waals surface area contributed by atoms with Crippen LogP contribution in [0, 0.1) is 38.5 Å². The number of nitrogens with zero attached hydrogens (tertiary/aromatic N) is 4. The molecule has 2 aromatic rings. The third-order valence-electron chi connectivity index (χ3n) is 4.00. The summed E-state index contributed by atoms with van der Waals surface area (Å²) in [6.07, 6.45) is 0. The number of carbonyl (C=O) groups excluding carboxylic acids is 2. The normalized spacial score (nSPS) is 10.1. The van der Waals surface area contributed by atoms with Crippen LogP contribution in [0.5, 0.6) is 0 Å². The largest absolute Gasteiger partial charge is 0.464 e. The minimum absolute atomic E-state index is 0.0174. The van der Waals surface area contributed by atoms with Crippen LogP contribution in [0.3, 0.4) is 0 Å². The molecule has 0 spiro atoms. The van der Waals surface area contributed by atoms with Crippen molar-refractivity contribution >= 4 is 28.9 Å². The Kier molecular flexibility index (Phi) is 5.40. The number of benzene rings is 1. The maximum atomic E-state index is 12.6. The molecule has 0 radical (unpaired) electrons. The van der Waals surface area contributed by atoms with E-state index in [4.69, 9.17) is 0 Å². The lowest BCUT2D eigenvalue weighted by Gasteiger charge is -2.08. The van der Waals surface area contributed by atoms with E-state index in [0.717, 1.165) is 19.2 Å². The molecule has 0 saturated heterocycles. The zero-order valence-electron chi connectivity index (χ0n) is 14.9. The number of hydrogen-bond donors (Lipinski definition) is 1. The van der Waals surface area contributed by atoms with Crippen molar-refractivity contribution in [3.63, 3.8) is 0 Å². The number of non-ortho nitro benzene ring substituents is 2. The Morgan fingerprint density at radius 3 is 2.14 bits per heavy atom. The van der Waals surface area contributed by atoms with Gasteiger partial charge in [0.1, 0.15) is 6.07 Å². The smallest absolute Gasteiger partial charge is 0.356 e. The molecule has 12 nitrogen and oxygen atoms in total. The number of rotatable bonds is 5. The molecule has 0 fully saturated rings. The number of methoxy groups -OCH3 is 1. The SMILES string of the molecule is COC(=O)c1c(NC(=O)c2cc([N+](=O)[O-])cc([N+](=O)[O-])c2)c(C#N)c(C)n1C. The Morgan fingerprint density at radius 2 is 1.71 bits per heavy atom. The number of nitro benzene ring substituents is 2. The molecule has 12 heteroatoms. The zero-order chi connectivity index (χ0) is 21.2. The number of amides is 1. The molecule has 0 bridgehead atoms. The molecule has 1 aromatic carbocycles. The number of nitro groups is 2. The first-order valence-corrected chi connectivity index (χ1v) is 7.55. The highest BCUT2D eigenvalue weighted by Gasteiger charge is 2.27. The summed E-state index contributed by atoms with van der Waals surface area (Å²) < 4.78 is 6.00. The summed E-state index contributed by atoms with van der Waals surface area (Å²) in [5, 5.41) is 33.7. The molecule has 0 unspecified atom stereocenters. The number of ether oxygens (including phenoxy) is 1. The third-order valence-corrected chi connectivity index (χ3v) is 4.00. The molecule has 0 aliphatic rings. The van der Waals surface area contributed by atoms with Gasteiger partial charge in [-0.1, -0.05) is 0 Å². The van der Waals surface area contributed by atoms with Gasteiger partial charge in [0, 0.05) is 24.9 Å². The van der Waals surface area contributed by atoms with Crippen molar-refractivity contribution in [2.45, 2.75) is 6.92 Å². The summed E-state index contributed by atoms with van der Waals surface area (Å²) in [6, 6.07) is 4.27. The summed E-state index contributed by atoms with van der Waals surface area (Å²) >= 11 is 0. The molecule has 1 amide bonds. The van der Waals surface area contributed by atoms with Gasteiger partial charge in [0.15, 0.2) is 5.69 Å². The standard InChI is InChI=1S/C16H13N5O7/c1-8-12(7-17)13(14(19(8)2)16(23)28-3)18-15(22)9-4-10(20(24)25)6-11(5-9)21(26)27/h4-6H,1-3H3,(H,18,22). The number of nitrogens with one attached hydrogen (secondary N) is 1. The Labute approximate surface area is 157 Å². The van der Waals surface area contributed by atoms with Gasteiger partial charge in [-0.15, -0.1) is 0 Å². The lowest BCUT2D eigenvalue weighted by Crippen LogP contribution is -2.17. The second-order valence-electron chi connectivity index (χ2n) is 5.55. The lowest BCUT2D eigenvalue weighted by molar-refractivity contribution is -0.394. The number of anilines is 1. The highest BCUT2D eigenvalue weighted by molar-refractivity contribution is 6.09.